The smallest absolute Gasteiger partial charge is 0.258 e. The van der Waals surface area contributed by atoms with Gasteiger partial charge in [0.15, 0.2) is 0 Å². The predicted molar refractivity (Wildman–Crippen MR) is 96.5 cm³/mol. The summed E-state index contributed by atoms with van der Waals surface area (Å²) in [4.78, 5) is 17.1. The van der Waals surface area contributed by atoms with E-state index in [0.29, 0.717) is 23.0 Å². The summed E-state index contributed by atoms with van der Waals surface area (Å²) >= 11 is 0. The van der Waals surface area contributed by atoms with Crippen molar-refractivity contribution >= 4 is 12.2 Å². The average molecular weight is 318 g/mol. The topological polar surface area (TPSA) is 44.1 Å². The molecule has 24 heavy (non-hydrogen) atoms. The summed E-state index contributed by atoms with van der Waals surface area (Å²) in [5.41, 5.74) is 2.25. The summed E-state index contributed by atoms with van der Waals surface area (Å²) in [6.45, 7) is 1.81. The molecule has 0 amide bonds. The molecule has 0 aliphatic rings. The van der Waals surface area contributed by atoms with Crippen molar-refractivity contribution in [1.82, 2.24) is 9.55 Å². The summed E-state index contributed by atoms with van der Waals surface area (Å²) in [6.07, 6.45) is 3.78. The minimum Gasteiger partial charge on any atom is -0.495 e. The number of rotatable bonds is 4. The number of methoxy groups -OCH3 is 1. The first kappa shape index (κ1) is 15.7. The predicted octanol–water partition coefficient (Wildman–Crippen LogP) is 3.72. The minimum atomic E-state index is -0.139. The molecule has 0 unspecified atom stereocenters. The normalized spacial score (nSPS) is 10.9. The maximum atomic E-state index is 12.6. The highest BCUT2D eigenvalue weighted by Crippen LogP contribution is 2.22. The first-order valence-corrected chi connectivity index (χ1v) is 7.66. The van der Waals surface area contributed by atoms with E-state index in [1.165, 1.54) is 6.07 Å². The Hall–Kier alpha value is -3.14. The number of aryl methyl sites for hydroxylation is 1. The van der Waals surface area contributed by atoms with Crippen LogP contribution < -0.4 is 10.3 Å². The third-order valence-electron chi connectivity index (χ3n) is 3.62. The molecule has 0 saturated carbocycles. The number of benzene rings is 2. The van der Waals surface area contributed by atoms with Crippen LogP contribution in [0.4, 0.5) is 0 Å². The van der Waals surface area contributed by atoms with Gasteiger partial charge >= 0.3 is 0 Å². The second kappa shape index (κ2) is 6.96. The van der Waals surface area contributed by atoms with E-state index in [-0.39, 0.29) is 5.56 Å². The molecule has 0 saturated heterocycles. The van der Waals surface area contributed by atoms with Gasteiger partial charge < -0.3 is 4.74 Å². The molecule has 3 rings (SSSR count). The van der Waals surface area contributed by atoms with Crippen molar-refractivity contribution in [1.29, 1.82) is 0 Å². The summed E-state index contributed by atoms with van der Waals surface area (Å²) in [6, 6.07) is 18.8. The number of ether oxygens (including phenoxy) is 1. The molecular weight excluding hydrogens is 300 g/mol. The average Bonchev–Trinajstić information content (AvgIpc) is 2.60. The maximum absolute atomic E-state index is 12.6. The molecular formula is C20H18N2O2. The lowest BCUT2D eigenvalue weighted by Crippen LogP contribution is -2.22. The van der Waals surface area contributed by atoms with Crippen LogP contribution in [-0.2, 0) is 0 Å². The Morgan fingerprint density at radius 2 is 1.71 bits per heavy atom. The SMILES string of the molecule is COc1ccccc1-n1c(C=Cc2ccccc2)nc(C)cc1=O. The quantitative estimate of drug-likeness (QED) is 0.736. The first-order valence-electron chi connectivity index (χ1n) is 7.66. The van der Waals surface area contributed by atoms with Crippen molar-refractivity contribution in [3.63, 3.8) is 0 Å². The number of hydrogen-bond acceptors (Lipinski definition) is 3. The van der Waals surface area contributed by atoms with Gasteiger partial charge in [-0.25, -0.2) is 4.98 Å². The molecule has 4 heteroatoms. The van der Waals surface area contributed by atoms with Crippen LogP contribution in [0.25, 0.3) is 17.8 Å². The van der Waals surface area contributed by atoms with Gasteiger partial charge in [-0.15, -0.1) is 0 Å². The van der Waals surface area contributed by atoms with Gasteiger partial charge in [0.25, 0.3) is 5.56 Å². The first-order chi connectivity index (χ1) is 11.7. The van der Waals surface area contributed by atoms with E-state index < -0.39 is 0 Å². The second-order valence-corrected chi connectivity index (χ2v) is 5.35. The number of hydrogen-bond donors (Lipinski definition) is 0. The van der Waals surface area contributed by atoms with Gasteiger partial charge in [-0.05, 0) is 30.7 Å². The van der Waals surface area contributed by atoms with Crippen molar-refractivity contribution in [3.05, 3.63) is 88.1 Å². The van der Waals surface area contributed by atoms with E-state index in [4.69, 9.17) is 4.74 Å². The summed E-state index contributed by atoms with van der Waals surface area (Å²) in [7, 11) is 1.59. The highest BCUT2D eigenvalue weighted by Gasteiger charge is 2.11. The third kappa shape index (κ3) is 3.27. The largest absolute Gasteiger partial charge is 0.495 e. The van der Waals surface area contributed by atoms with Crippen molar-refractivity contribution in [2.45, 2.75) is 6.92 Å². The molecule has 120 valence electrons. The van der Waals surface area contributed by atoms with Gasteiger partial charge in [0, 0.05) is 11.8 Å². The fourth-order valence-electron chi connectivity index (χ4n) is 2.52. The molecule has 0 spiro atoms. The monoisotopic (exact) mass is 318 g/mol. The van der Waals surface area contributed by atoms with Crippen LogP contribution in [0, 0.1) is 6.92 Å². The molecule has 0 N–H and O–H groups in total. The number of nitrogens with zero attached hydrogens (tertiary/aromatic N) is 2. The van der Waals surface area contributed by atoms with Gasteiger partial charge in [-0.2, -0.15) is 0 Å². The Labute approximate surface area is 140 Å². The molecule has 0 aliphatic heterocycles. The molecule has 0 aliphatic carbocycles. The molecule has 0 radical (unpaired) electrons. The molecule has 2 aromatic carbocycles. The standard InChI is InChI=1S/C20H18N2O2/c1-15-14-20(23)22(17-10-6-7-11-18(17)24-2)19(21-15)13-12-16-8-4-3-5-9-16/h3-14H,1-2H3. The molecule has 3 aromatic rings. The van der Waals surface area contributed by atoms with Crippen molar-refractivity contribution < 1.29 is 4.74 Å². The van der Waals surface area contributed by atoms with Crippen LogP contribution in [0.2, 0.25) is 0 Å². The lowest BCUT2D eigenvalue weighted by atomic mass is 10.2. The van der Waals surface area contributed by atoms with Crippen molar-refractivity contribution in [3.8, 4) is 11.4 Å². The zero-order valence-corrected chi connectivity index (χ0v) is 13.6. The van der Waals surface area contributed by atoms with E-state index in [1.54, 1.807) is 11.7 Å². The molecule has 1 heterocycles. The minimum absolute atomic E-state index is 0.139. The molecule has 0 atom stereocenters. The fourth-order valence-corrected chi connectivity index (χ4v) is 2.52. The van der Waals surface area contributed by atoms with Gasteiger partial charge in [0.2, 0.25) is 0 Å². The van der Waals surface area contributed by atoms with Gasteiger partial charge in [-0.1, -0.05) is 48.5 Å². The lowest BCUT2D eigenvalue weighted by molar-refractivity contribution is 0.412. The van der Waals surface area contributed by atoms with Gasteiger partial charge in [0.1, 0.15) is 11.6 Å². The molecule has 1 aromatic heterocycles. The van der Waals surface area contributed by atoms with E-state index in [0.717, 1.165) is 5.56 Å². The number of aromatic nitrogens is 2. The summed E-state index contributed by atoms with van der Waals surface area (Å²) in [5, 5.41) is 0. The Bertz CT molecular complexity index is 928. The summed E-state index contributed by atoms with van der Waals surface area (Å²) < 4.78 is 6.95. The van der Waals surface area contributed by atoms with Crippen LogP contribution in [-0.4, -0.2) is 16.7 Å². The van der Waals surface area contributed by atoms with E-state index >= 15 is 0 Å². The second-order valence-electron chi connectivity index (χ2n) is 5.35. The van der Waals surface area contributed by atoms with E-state index in [2.05, 4.69) is 4.98 Å². The van der Waals surface area contributed by atoms with Crippen LogP contribution in [0.1, 0.15) is 17.1 Å². The number of para-hydroxylation sites is 2. The van der Waals surface area contributed by atoms with E-state index in [1.807, 2.05) is 73.7 Å². The molecule has 0 bridgehead atoms. The summed E-state index contributed by atoms with van der Waals surface area (Å²) in [5.74, 6) is 1.19. The Morgan fingerprint density at radius 1 is 1.00 bits per heavy atom. The Balaban J connectivity index is 2.16. The highest BCUT2D eigenvalue weighted by atomic mass is 16.5. The zero-order valence-electron chi connectivity index (χ0n) is 13.6. The molecule has 4 nitrogen and oxygen atoms in total. The van der Waals surface area contributed by atoms with Crippen LogP contribution in [0.5, 0.6) is 5.75 Å². The molecule has 0 fully saturated rings. The van der Waals surface area contributed by atoms with Crippen LogP contribution in [0.3, 0.4) is 0 Å². The van der Waals surface area contributed by atoms with Crippen molar-refractivity contribution in [2.75, 3.05) is 7.11 Å². The lowest BCUT2D eigenvalue weighted by Gasteiger charge is -2.13. The van der Waals surface area contributed by atoms with E-state index in [9.17, 15) is 4.79 Å². The van der Waals surface area contributed by atoms with Crippen molar-refractivity contribution in [2.24, 2.45) is 0 Å². The maximum Gasteiger partial charge on any atom is 0.258 e. The van der Waals surface area contributed by atoms with Gasteiger partial charge in [-0.3, -0.25) is 9.36 Å². The van der Waals surface area contributed by atoms with Crippen LogP contribution in [0.15, 0.2) is 65.5 Å². The highest BCUT2D eigenvalue weighted by molar-refractivity contribution is 5.68. The van der Waals surface area contributed by atoms with Crippen LogP contribution >= 0.6 is 0 Å². The van der Waals surface area contributed by atoms with Gasteiger partial charge in [0.05, 0.1) is 12.8 Å². The third-order valence-corrected chi connectivity index (χ3v) is 3.62. The Kier molecular flexibility index (Phi) is 4.57. The fraction of sp³-hybridized carbons (Fsp3) is 0.100. The Morgan fingerprint density at radius 3 is 2.46 bits per heavy atom. The zero-order chi connectivity index (χ0) is 16.9.